The van der Waals surface area contributed by atoms with Gasteiger partial charge in [-0.15, -0.1) is 0 Å². The summed E-state index contributed by atoms with van der Waals surface area (Å²) in [6.07, 6.45) is 5.53. The molecule has 1 aliphatic carbocycles. The molecule has 6 nitrogen and oxygen atoms in total. The lowest BCUT2D eigenvalue weighted by molar-refractivity contribution is 0.0942. The van der Waals surface area contributed by atoms with Gasteiger partial charge in [-0.05, 0) is 49.8 Å². The van der Waals surface area contributed by atoms with Crippen LogP contribution in [0.1, 0.15) is 36.0 Å². The topological polar surface area (TPSA) is 70.2 Å². The number of carbonyl (C=O) groups excluding carboxylic acids is 1. The third kappa shape index (κ3) is 5.37. The van der Waals surface area contributed by atoms with Gasteiger partial charge >= 0.3 is 0 Å². The second kappa shape index (κ2) is 8.95. The van der Waals surface area contributed by atoms with Crippen LogP contribution in [0.25, 0.3) is 0 Å². The maximum Gasteiger partial charge on any atom is 0.251 e. The highest BCUT2D eigenvalue weighted by Gasteiger charge is 2.22. The summed E-state index contributed by atoms with van der Waals surface area (Å²) in [4.78, 5) is 22.8. The lowest BCUT2D eigenvalue weighted by Crippen LogP contribution is -2.34. The molecule has 150 valence electrons. The van der Waals surface area contributed by atoms with Gasteiger partial charge in [0.25, 0.3) is 5.91 Å². The van der Waals surface area contributed by atoms with Gasteiger partial charge in [0.05, 0.1) is 0 Å². The Bertz CT molecular complexity index is 802. The van der Waals surface area contributed by atoms with Gasteiger partial charge in [0.15, 0.2) is 0 Å². The SMILES string of the molecule is CN(C)c1ccnc(NC2CCC(CNC(=O)c3cc(F)cc(F)c3)CC2)n1. The minimum absolute atomic E-state index is 0.00535. The molecular weight excluding hydrogens is 364 g/mol. The fraction of sp³-hybridized carbons (Fsp3) is 0.450. The first-order chi connectivity index (χ1) is 13.4. The number of carbonyl (C=O) groups is 1. The molecule has 1 aromatic carbocycles. The molecule has 3 rings (SSSR count). The van der Waals surface area contributed by atoms with Gasteiger partial charge in [0.1, 0.15) is 17.5 Å². The number of aromatic nitrogens is 2. The third-order valence-electron chi connectivity index (χ3n) is 4.96. The van der Waals surface area contributed by atoms with E-state index in [0.717, 1.165) is 49.7 Å². The zero-order valence-electron chi connectivity index (χ0n) is 16.1. The molecule has 28 heavy (non-hydrogen) atoms. The maximum absolute atomic E-state index is 13.2. The molecule has 0 spiro atoms. The largest absolute Gasteiger partial charge is 0.363 e. The monoisotopic (exact) mass is 389 g/mol. The molecule has 2 N–H and O–H groups in total. The number of halogens is 2. The first kappa shape index (κ1) is 20.0. The van der Waals surface area contributed by atoms with Gasteiger partial charge in [0.2, 0.25) is 5.95 Å². The molecule has 8 heteroatoms. The Labute approximate surface area is 163 Å². The first-order valence-electron chi connectivity index (χ1n) is 9.42. The van der Waals surface area contributed by atoms with Crippen molar-refractivity contribution in [1.82, 2.24) is 15.3 Å². The second-order valence-corrected chi connectivity index (χ2v) is 7.36. The predicted octanol–water partition coefficient (Wildman–Crippen LogP) is 3.22. The lowest BCUT2D eigenvalue weighted by Gasteiger charge is -2.29. The Hall–Kier alpha value is -2.77. The molecular formula is C20H25F2N5O. The zero-order valence-corrected chi connectivity index (χ0v) is 16.1. The molecule has 1 aromatic heterocycles. The van der Waals surface area contributed by atoms with Crippen molar-refractivity contribution in [3.63, 3.8) is 0 Å². The van der Waals surface area contributed by atoms with Crippen molar-refractivity contribution in [3.8, 4) is 0 Å². The van der Waals surface area contributed by atoms with E-state index in [2.05, 4.69) is 20.6 Å². The van der Waals surface area contributed by atoms with E-state index in [1.165, 1.54) is 0 Å². The fourth-order valence-corrected chi connectivity index (χ4v) is 3.39. The van der Waals surface area contributed by atoms with E-state index in [9.17, 15) is 13.6 Å². The summed E-state index contributed by atoms with van der Waals surface area (Å²) in [6, 6.07) is 4.99. The molecule has 0 atom stereocenters. The quantitative estimate of drug-likeness (QED) is 0.794. The number of hydrogen-bond donors (Lipinski definition) is 2. The van der Waals surface area contributed by atoms with Crippen LogP contribution in [0.4, 0.5) is 20.5 Å². The van der Waals surface area contributed by atoms with E-state index in [0.29, 0.717) is 24.5 Å². The standard InChI is InChI=1S/C20H25F2N5O/c1-27(2)18-7-8-23-20(26-18)25-17-5-3-13(4-6-17)12-24-19(28)14-9-15(21)11-16(22)10-14/h7-11,13,17H,3-6,12H2,1-2H3,(H,24,28)(H,23,25,26). The van der Waals surface area contributed by atoms with E-state index in [1.807, 2.05) is 25.1 Å². The zero-order chi connectivity index (χ0) is 20.1. The van der Waals surface area contributed by atoms with Crippen LogP contribution in [0, 0.1) is 17.6 Å². The van der Waals surface area contributed by atoms with Crippen LogP contribution in [0.15, 0.2) is 30.5 Å². The summed E-state index contributed by atoms with van der Waals surface area (Å²) in [6.45, 7) is 0.496. The number of nitrogens with zero attached hydrogens (tertiary/aromatic N) is 3. The van der Waals surface area contributed by atoms with Crippen LogP contribution in [0.3, 0.4) is 0 Å². The normalized spacial score (nSPS) is 19.1. The number of benzene rings is 1. The first-order valence-corrected chi connectivity index (χ1v) is 9.42. The Morgan fingerprint density at radius 3 is 2.46 bits per heavy atom. The Kier molecular flexibility index (Phi) is 6.38. The summed E-state index contributed by atoms with van der Waals surface area (Å²) in [7, 11) is 3.87. The van der Waals surface area contributed by atoms with E-state index < -0.39 is 17.5 Å². The van der Waals surface area contributed by atoms with Crippen molar-refractivity contribution in [2.75, 3.05) is 30.9 Å². The molecule has 1 fully saturated rings. The second-order valence-electron chi connectivity index (χ2n) is 7.36. The number of nitrogens with one attached hydrogen (secondary N) is 2. The van der Waals surface area contributed by atoms with Crippen LogP contribution >= 0.6 is 0 Å². The number of rotatable bonds is 6. The Morgan fingerprint density at radius 2 is 1.82 bits per heavy atom. The van der Waals surface area contributed by atoms with Gasteiger partial charge in [-0.1, -0.05) is 0 Å². The van der Waals surface area contributed by atoms with Crippen molar-refractivity contribution in [1.29, 1.82) is 0 Å². The highest BCUT2D eigenvalue weighted by atomic mass is 19.1. The molecule has 1 amide bonds. The van der Waals surface area contributed by atoms with Crippen molar-refractivity contribution in [2.24, 2.45) is 5.92 Å². The summed E-state index contributed by atoms with van der Waals surface area (Å²) in [5.74, 6) is -0.143. The average Bonchev–Trinajstić information content (AvgIpc) is 2.66. The molecule has 0 aliphatic heterocycles. The highest BCUT2D eigenvalue weighted by molar-refractivity contribution is 5.94. The molecule has 0 saturated heterocycles. The van der Waals surface area contributed by atoms with Crippen molar-refractivity contribution in [2.45, 2.75) is 31.7 Å². The Morgan fingerprint density at radius 1 is 1.14 bits per heavy atom. The molecule has 2 aromatic rings. The minimum atomic E-state index is -0.753. The van der Waals surface area contributed by atoms with Gasteiger partial charge in [0, 0.05) is 44.5 Å². The molecule has 1 heterocycles. The van der Waals surface area contributed by atoms with Crippen LogP contribution in [0.5, 0.6) is 0 Å². The molecule has 1 aliphatic rings. The van der Waals surface area contributed by atoms with Crippen molar-refractivity contribution < 1.29 is 13.6 Å². The summed E-state index contributed by atoms with van der Waals surface area (Å²) >= 11 is 0. The fourth-order valence-electron chi connectivity index (χ4n) is 3.39. The number of hydrogen-bond acceptors (Lipinski definition) is 5. The van der Waals surface area contributed by atoms with Crippen molar-refractivity contribution in [3.05, 3.63) is 47.7 Å². The van der Waals surface area contributed by atoms with E-state index in [-0.39, 0.29) is 5.56 Å². The van der Waals surface area contributed by atoms with Crippen LogP contribution in [0.2, 0.25) is 0 Å². The maximum atomic E-state index is 13.2. The predicted molar refractivity (Wildman–Crippen MR) is 104 cm³/mol. The number of anilines is 2. The summed E-state index contributed by atoms with van der Waals surface area (Å²) in [5, 5.41) is 6.16. The van der Waals surface area contributed by atoms with Crippen LogP contribution in [-0.2, 0) is 0 Å². The van der Waals surface area contributed by atoms with E-state index in [1.54, 1.807) is 6.20 Å². The van der Waals surface area contributed by atoms with Gasteiger partial charge in [-0.2, -0.15) is 4.98 Å². The number of amides is 1. The van der Waals surface area contributed by atoms with Gasteiger partial charge < -0.3 is 15.5 Å². The molecule has 0 unspecified atom stereocenters. The smallest absolute Gasteiger partial charge is 0.251 e. The van der Waals surface area contributed by atoms with E-state index >= 15 is 0 Å². The van der Waals surface area contributed by atoms with Gasteiger partial charge in [-0.3, -0.25) is 4.79 Å². The average molecular weight is 389 g/mol. The molecule has 0 radical (unpaired) electrons. The minimum Gasteiger partial charge on any atom is -0.363 e. The molecule has 1 saturated carbocycles. The van der Waals surface area contributed by atoms with E-state index in [4.69, 9.17) is 0 Å². The summed E-state index contributed by atoms with van der Waals surface area (Å²) < 4.78 is 26.5. The highest BCUT2D eigenvalue weighted by Crippen LogP contribution is 2.26. The summed E-state index contributed by atoms with van der Waals surface area (Å²) in [5.41, 5.74) is 0.00535. The van der Waals surface area contributed by atoms with Crippen molar-refractivity contribution >= 4 is 17.7 Å². The van der Waals surface area contributed by atoms with Gasteiger partial charge in [-0.25, -0.2) is 13.8 Å². The Balaban J connectivity index is 1.45. The lowest BCUT2D eigenvalue weighted by atomic mass is 9.86. The van der Waals surface area contributed by atoms with Crippen LogP contribution in [-0.4, -0.2) is 42.6 Å². The third-order valence-corrected chi connectivity index (χ3v) is 4.96. The molecule has 0 bridgehead atoms. The van der Waals surface area contributed by atoms with Crippen LogP contribution < -0.4 is 15.5 Å².